The van der Waals surface area contributed by atoms with Gasteiger partial charge in [0.1, 0.15) is 5.52 Å². The van der Waals surface area contributed by atoms with Gasteiger partial charge in [0, 0.05) is 19.7 Å². The van der Waals surface area contributed by atoms with Crippen LogP contribution in [-0.2, 0) is 0 Å². The fourth-order valence-electron chi connectivity index (χ4n) is 1.80. The molecule has 9 heteroatoms. The molecule has 0 spiro atoms. The molecule has 1 amide bonds. The average Bonchev–Trinajstić information content (AvgIpc) is 2.90. The molecule has 0 radical (unpaired) electrons. The number of benzene rings is 1. The number of nitrogens with one attached hydrogen (secondary N) is 1. The quantitative estimate of drug-likeness (QED) is 0.763. The fourth-order valence-corrected chi connectivity index (χ4v) is 2.90. The summed E-state index contributed by atoms with van der Waals surface area (Å²) in [5.74, 6) is 0.270. The maximum Gasteiger partial charge on any atom is 0.257 e. The SMILES string of the molecule is CN(C)c1ncc2nc(NC(=O)c3ccc(Cl)c(Cl)c3)sc2n1. The maximum atomic E-state index is 12.2. The summed E-state index contributed by atoms with van der Waals surface area (Å²) in [6.07, 6.45) is 1.63. The molecule has 2 heterocycles. The summed E-state index contributed by atoms with van der Waals surface area (Å²) >= 11 is 13.0. The van der Waals surface area contributed by atoms with Crippen LogP contribution in [0.5, 0.6) is 0 Å². The first-order chi connectivity index (χ1) is 10.9. The Morgan fingerprint density at radius 2 is 2.00 bits per heavy atom. The lowest BCUT2D eigenvalue weighted by atomic mass is 10.2. The number of amides is 1. The summed E-state index contributed by atoms with van der Waals surface area (Å²) in [6, 6.07) is 4.68. The number of halogens is 2. The minimum absolute atomic E-state index is 0.316. The zero-order valence-electron chi connectivity index (χ0n) is 12.2. The summed E-state index contributed by atoms with van der Waals surface area (Å²) in [5.41, 5.74) is 1.03. The van der Waals surface area contributed by atoms with Crippen molar-refractivity contribution >= 4 is 61.9 Å². The van der Waals surface area contributed by atoms with Crippen LogP contribution in [0.2, 0.25) is 10.0 Å². The van der Waals surface area contributed by atoms with Crippen molar-refractivity contribution in [1.82, 2.24) is 15.0 Å². The second-order valence-electron chi connectivity index (χ2n) is 4.86. The van der Waals surface area contributed by atoms with E-state index in [-0.39, 0.29) is 5.91 Å². The van der Waals surface area contributed by atoms with Crippen LogP contribution in [0.25, 0.3) is 10.3 Å². The lowest BCUT2D eigenvalue weighted by molar-refractivity contribution is 0.102. The van der Waals surface area contributed by atoms with E-state index < -0.39 is 0 Å². The number of hydrogen-bond acceptors (Lipinski definition) is 6. The molecule has 23 heavy (non-hydrogen) atoms. The molecule has 0 fully saturated rings. The van der Waals surface area contributed by atoms with E-state index in [9.17, 15) is 4.79 Å². The van der Waals surface area contributed by atoms with Gasteiger partial charge in [0.2, 0.25) is 5.95 Å². The molecule has 0 saturated heterocycles. The van der Waals surface area contributed by atoms with Gasteiger partial charge in [-0.3, -0.25) is 10.1 Å². The van der Waals surface area contributed by atoms with Crippen LogP contribution >= 0.6 is 34.5 Å². The van der Waals surface area contributed by atoms with Gasteiger partial charge in [-0.15, -0.1) is 0 Å². The van der Waals surface area contributed by atoms with Crippen LogP contribution in [0.3, 0.4) is 0 Å². The molecule has 2 aromatic heterocycles. The van der Waals surface area contributed by atoms with E-state index in [1.54, 1.807) is 23.2 Å². The first kappa shape index (κ1) is 15.9. The molecule has 0 saturated carbocycles. The van der Waals surface area contributed by atoms with Crippen LogP contribution in [0.1, 0.15) is 10.4 Å². The molecule has 1 aromatic carbocycles. The zero-order chi connectivity index (χ0) is 16.6. The van der Waals surface area contributed by atoms with Crippen molar-refractivity contribution < 1.29 is 4.79 Å². The molecule has 0 bridgehead atoms. The van der Waals surface area contributed by atoms with E-state index in [1.807, 2.05) is 14.1 Å². The Morgan fingerprint density at radius 3 is 2.70 bits per heavy atom. The molecular formula is C14H11Cl2N5OS. The number of anilines is 2. The van der Waals surface area contributed by atoms with Crippen molar-refractivity contribution in [1.29, 1.82) is 0 Å². The van der Waals surface area contributed by atoms with Crippen LogP contribution in [0, 0.1) is 0 Å². The van der Waals surface area contributed by atoms with Gasteiger partial charge in [0.15, 0.2) is 9.96 Å². The van der Waals surface area contributed by atoms with Gasteiger partial charge < -0.3 is 4.90 Å². The van der Waals surface area contributed by atoms with Crippen molar-refractivity contribution in [3.05, 3.63) is 40.0 Å². The van der Waals surface area contributed by atoms with Crippen molar-refractivity contribution in [2.75, 3.05) is 24.3 Å². The number of carbonyl (C=O) groups is 1. The zero-order valence-corrected chi connectivity index (χ0v) is 14.5. The van der Waals surface area contributed by atoms with Crippen molar-refractivity contribution in [3.63, 3.8) is 0 Å². The Morgan fingerprint density at radius 1 is 1.22 bits per heavy atom. The third-order valence-corrected chi connectivity index (χ3v) is 4.56. The maximum absolute atomic E-state index is 12.2. The second kappa shape index (κ2) is 6.27. The summed E-state index contributed by atoms with van der Waals surface area (Å²) in [7, 11) is 3.71. The molecule has 3 rings (SSSR count). The molecule has 0 aliphatic carbocycles. The molecule has 0 aliphatic heterocycles. The van der Waals surface area contributed by atoms with E-state index in [1.165, 1.54) is 17.4 Å². The highest BCUT2D eigenvalue weighted by molar-refractivity contribution is 7.22. The molecular weight excluding hydrogens is 357 g/mol. The van der Waals surface area contributed by atoms with E-state index >= 15 is 0 Å². The average molecular weight is 368 g/mol. The van der Waals surface area contributed by atoms with Gasteiger partial charge >= 0.3 is 0 Å². The number of hydrogen-bond donors (Lipinski definition) is 1. The Bertz CT molecular complexity index is 896. The highest BCUT2D eigenvalue weighted by atomic mass is 35.5. The third-order valence-electron chi connectivity index (χ3n) is 2.94. The van der Waals surface area contributed by atoms with Crippen LogP contribution < -0.4 is 10.2 Å². The van der Waals surface area contributed by atoms with Gasteiger partial charge in [-0.1, -0.05) is 34.5 Å². The third kappa shape index (κ3) is 3.36. The summed E-state index contributed by atoms with van der Waals surface area (Å²) in [5, 5.41) is 3.90. The second-order valence-corrected chi connectivity index (χ2v) is 6.65. The van der Waals surface area contributed by atoms with E-state index in [2.05, 4.69) is 20.3 Å². The first-order valence-corrected chi connectivity index (χ1v) is 8.08. The number of aromatic nitrogens is 3. The number of fused-ring (bicyclic) bond motifs is 1. The Labute approximate surface area is 146 Å². The minimum atomic E-state index is -0.316. The molecule has 118 valence electrons. The van der Waals surface area contributed by atoms with E-state index in [0.717, 1.165) is 0 Å². The van der Waals surface area contributed by atoms with Crippen LogP contribution in [0.4, 0.5) is 11.1 Å². The van der Waals surface area contributed by atoms with Gasteiger partial charge in [-0.25, -0.2) is 9.97 Å². The minimum Gasteiger partial charge on any atom is -0.347 e. The number of carbonyl (C=O) groups excluding carboxylic acids is 1. The monoisotopic (exact) mass is 367 g/mol. The Balaban J connectivity index is 1.85. The van der Waals surface area contributed by atoms with Crippen molar-refractivity contribution in [2.45, 2.75) is 0 Å². The van der Waals surface area contributed by atoms with E-state index in [0.29, 0.717) is 37.0 Å². The lowest BCUT2D eigenvalue weighted by Gasteiger charge is -2.07. The predicted molar refractivity (Wildman–Crippen MR) is 94.0 cm³/mol. The first-order valence-electron chi connectivity index (χ1n) is 6.51. The molecule has 0 unspecified atom stereocenters. The van der Waals surface area contributed by atoms with Gasteiger partial charge in [0.25, 0.3) is 5.91 Å². The molecule has 6 nitrogen and oxygen atoms in total. The smallest absolute Gasteiger partial charge is 0.257 e. The largest absolute Gasteiger partial charge is 0.347 e. The Hall–Kier alpha value is -1.96. The summed E-state index contributed by atoms with van der Waals surface area (Å²) in [6.45, 7) is 0. The normalized spacial score (nSPS) is 10.8. The van der Waals surface area contributed by atoms with Gasteiger partial charge in [-0.05, 0) is 18.2 Å². The summed E-state index contributed by atoms with van der Waals surface area (Å²) < 4.78 is 0. The molecule has 0 aliphatic rings. The van der Waals surface area contributed by atoms with Crippen molar-refractivity contribution in [3.8, 4) is 0 Å². The number of nitrogens with zero attached hydrogens (tertiary/aromatic N) is 4. The van der Waals surface area contributed by atoms with Crippen LogP contribution in [0.15, 0.2) is 24.4 Å². The standard InChI is InChI=1S/C14H11Cl2N5OS/c1-21(2)13-17-6-10-12(20-13)23-14(18-10)19-11(22)7-3-4-8(15)9(16)5-7/h3-6H,1-2H3,(H,18,19,22). The van der Waals surface area contributed by atoms with Crippen LogP contribution in [-0.4, -0.2) is 35.0 Å². The molecule has 0 atom stereocenters. The molecule has 3 aromatic rings. The predicted octanol–water partition coefficient (Wildman–Crippen LogP) is 3.71. The fraction of sp³-hybridized carbons (Fsp3) is 0.143. The number of rotatable bonds is 3. The highest BCUT2D eigenvalue weighted by Gasteiger charge is 2.13. The Kier molecular flexibility index (Phi) is 4.34. The van der Waals surface area contributed by atoms with Gasteiger partial charge in [0.05, 0.1) is 16.2 Å². The summed E-state index contributed by atoms with van der Waals surface area (Å²) in [4.78, 5) is 27.6. The van der Waals surface area contributed by atoms with E-state index in [4.69, 9.17) is 23.2 Å². The lowest BCUT2D eigenvalue weighted by Crippen LogP contribution is -2.12. The van der Waals surface area contributed by atoms with Gasteiger partial charge in [-0.2, -0.15) is 4.98 Å². The molecule has 1 N–H and O–H groups in total. The highest BCUT2D eigenvalue weighted by Crippen LogP contribution is 2.26. The topological polar surface area (TPSA) is 71.0 Å². The number of thiazole rings is 1. The van der Waals surface area contributed by atoms with Crippen molar-refractivity contribution in [2.24, 2.45) is 0 Å².